The third-order valence-corrected chi connectivity index (χ3v) is 3.31. The Kier molecular flexibility index (Phi) is 5.16. The molecule has 0 aliphatic carbocycles. The van der Waals surface area contributed by atoms with Crippen molar-refractivity contribution >= 4 is 5.91 Å². The van der Waals surface area contributed by atoms with Gasteiger partial charge in [-0.1, -0.05) is 12.1 Å². The lowest BCUT2D eigenvalue weighted by atomic mass is 9.99. The van der Waals surface area contributed by atoms with Crippen molar-refractivity contribution in [3.63, 3.8) is 0 Å². The molecular weight excluding hydrogens is 228 g/mol. The molecule has 0 radical (unpaired) electrons. The van der Waals surface area contributed by atoms with E-state index in [1.807, 2.05) is 38.1 Å². The molecule has 0 bridgehead atoms. The minimum Gasteiger partial charge on any atom is -0.497 e. The molecule has 18 heavy (non-hydrogen) atoms. The van der Waals surface area contributed by atoms with Crippen molar-refractivity contribution in [1.82, 2.24) is 4.90 Å². The molecule has 0 saturated carbocycles. The summed E-state index contributed by atoms with van der Waals surface area (Å²) < 4.78 is 5.17. The Bertz CT molecular complexity index is 407. The van der Waals surface area contributed by atoms with E-state index in [9.17, 15) is 4.79 Å². The van der Waals surface area contributed by atoms with Crippen LogP contribution in [0.25, 0.3) is 0 Å². The number of nitrogens with two attached hydrogens (primary N) is 1. The Morgan fingerprint density at radius 1 is 1.44 bits per heavy atom. The lowest BCUT2D eigenvalue weighted by Crippen LogP contribution is -2.41. The van der Waals surface area contributed by atoms with Crippen molar-refractivity contribution in [3.8, 4) is 5.75 Å². The number of benzene rings is 1. The van der Waals surface area contributed by atoms with Gasteiger partial charge in [-0.3, -0.25) is 4.79 Å². The van der Waals surface area contributed by atoms with Crippen LogP contribution in [-0.2, 0) is 4.79 Å². The van der Waals surface area contributed by atoms with Gasteiger partial charge in [-0.25, -0.2) is 0 Å². The molecule has 0 aliphatic heterocycles. The van der Waals surface area contributed by atoms with E-state index in [0.717, 1.165) is 11.3 Å². The molecule has 2 unspecified atom stereocenters. The van der Waals surface area contributed by atoms with E-state index in [-0.39, 0.29) is 17.9 Å². The zero-order valence-electron chi connectivity index (χ0n) is 11.5. The zero-order chi connectivity index (χ0) is 13.7. The fourth-order valence-electron chi connectivity index (χ4n) is 1.73. The molecule has 0 spiro atoms. The highest BCUT2D eigenvalue weighted by atomic mass is 16.5. The van der Waals surface area contributed by atoms with Crippen LogP contribution in [0, 0.1) is 0 Å². The lowest BCUT2D eigenvalue weighted by molar-refractivity contribution is -0.132. The number of carbonyl (C=O) groups is 1. The molecule has 1 aromatic carbocycles. The largest absolute Gasteiger partial charge is 0.497 e. The van der Waals surface area contributed by atoms with Gasteiger partial charge in [0.25, 0.3) is 0 Å². The first-order valence-corrected chi connectivity index (χ1v) is 6.12. The van der Waals surface area contributed by atoms with Crippen molar-refractivity contribution in [2.24, 2.45) is 5.73 Å². The highest BCUT2D eigenvalue weighted by Gasteiger charge is 2.22. The summed E-state index contributed by atoms with van der Waals surface area (Å²) in [6.07, 6.45) is 0. The second kappa shape index (κ2) is 6.40. The molecule has 1 aromatic rings. The maximum Gasteiger partial charge on any atom is 0.229 e. The standard InChI is InChI=1S/C14H22N2O2/c1-10(9-15)16(3)14(17)11(2)12-6-5-7-13(8-12)18-4/h5-8,10-11H,9,15H2,1-4H3. The Morgan fingerprint density at radius 2 is 2.11 bits per heavy atom. The average molecular weight is 250 g/mol. The highest BCUT2D eigenvalue weighted by Crippen LogP contribution is 2.22. The number of ether oxygens (including phenoxy) is 1. The van der Waals surface area contributed by atoms with Crippen molar-refractivity contribution in [2.75, 3.05) is 20.7 Å². The van der Waals surface area contributed by atoms with Crippen LogP contribution in [0.4, 0.5) is 0 Å². The molecule has 1 rings (SSSR count). The predicted molar refractivity (Wildman–Crippen MR) is 72.7 cm³/mol. The first-order chi connectivity index (χ1) is 8.51. The van der Waals surface area contributed by atoms with Gasteiger partial charge in [0, 0.05) is 19.6 Å². The Morgan fingerprint density at radius 3 is 2.67 bits per heavy atom. The smallest absolute Gasteiger partial charge is 0.229 e. The monoisotopic (exact) mass is 250 g/mol. The van der Waals surface area contributed by atoms with E-state index in [1.165, 1.54) is 0 Å². The fraction of sp³-hybridized carbons (Fsp3) is 0.500. The predicted octanol–water partition coefficient (Wildman–Crippen LogP) is 1.60. The van der Waals surface area contributed by atoms with E-state index in [0.29, 0.717) is 6.54 Å². The van der Waals surface area contributed by atoms with Crippen LogP contribution in [0.2, 0.25) is 0 Å². The molecule has 4 heteroatoms. The number of hydrogen-bond acceptors (Lipinski definition) is 3. The molecule has 1 amide bonds. The maximum absolute atomic E-state index is 12.3. The minimum absolute atomic E-state index is 0.0468. The molecular formula is C14H22N2O2. The minimum atomic E-state index is -0.195. The SMILES string of the molecule is COc1cccc(C(C)C(=O)N(C)C(C)CN)c1. The summed E-state index contributed by atoms with van der Waals surface area (Å²) in [5, 5.41) is 0. The molecule has 2 N–H and O–H groups in total. The number of rotatable bonds is 5. The normalized spacial score (nSPS) is 13.8. The van der Waals surface area contributed by atoms with E-state index in [2.05, 4.69) is 0 Å². The summed E-state index contributed by atoms with van der Waals surface area (Å²) in [6, 6.07) is 7.64. The van der Waals surface area contributed by atoms with E-state index in [1.54, 1.807) is 19.1 Å². The van der Waals surface area contributed by atoms with Gasteiger partial charge in [0.1, 0.15) is 5.75 Å². The summed E-state index contributed by atoms with van der Waals surface area (Å²) >= 11 is 0. The van der Waals surface area contributed by atoms with Crippen LogP contribution in [0.3, 0.4) is 0 Å². The number of nitrogens with zero attached hydrogens (tertiary/aromatic N) is 1. The highest BCUT2D eigenvalue weighted by molar-refractivity contribution is 5.83. The molecule has 0 aromatic heterocycles. The van der Waals surface area contributed by atoms with Crippen LogP contribution < -0.4 is 10.5 Å². The number of amides is 1. The molecule has 0 fully saturated rings. The topological polar surface area (TPSA) is 55.6 Å². The number of carbonyl (C=O) groups excluding carboxylic acids is 1. The number of methoxy groups -OCH3 is 1. The molecule has 0 aliphatic rings. The fourth-order valence-corrected chi connectivity index (χ4v) is 1.73. The van der Waals surface area contributed by atoms with Crippen LogP contribution in [-0.4, -0.2) is 37.6 Å². The van der Waals surface area contributed by atoms with Crippen molar-refractivity contribution in [1.29, 1.82) is 0 Å². The first-order valence-electron chi connectivity index (χ1n) is 6.12. The van der Waals surface area contributed by atoms with Crippen LogP contribution in [0.15, 0.2) is 24.3 Å². The van der Waals surface area contributed by atoms with Gasteiger partial charge in [-0.15, -0.1) is 0 Å². The van der Waals surface area contributed by atoms with Crippen LogP contribution in [0.5, 0.6) is 5.75 Å². The Hall–Kier alpha value is -1.55. The summed E-state index contributed by atoms with van der Waals surface area (Å²) in [5.74, 6) is 0.641. The molecule has 0 heterocycles. The third-order valence-electron chi connectivity index (χ3n) is 3.31. The van der Waals surface area contributed by atoms with Crippen molar-refractivity contribution in [3.05, 3.63) is 29.8 Å². The van der Waals surface area contributed by atoms with Crippen molar-refractivity contribution < 1.29 is 9.53 Å². The zero-order valence-corrected chi connectivity index (χ0v) is 11.5. The van der Waals surface area contributed by atoms with Gasteiger partial charge in [-0.2, -0.15) is 0 Å². The van der Waals surface area contributed by atoms with Gasteiger partial charge < -0.3 is 15.4 Å². The second-order valence-electron chi connectivity index (χ2n) is 4.53. The second-order valence-corrected chi connectivity index (χ2v) is 4.53. The van der Waals surface area contributed by atoms with E-state index in [4.69, 9.17) is 10.5 Å². The average Bonchev–Trinajstić information content (AvgIpc) is 2.43. The summed E-state index contributed by atoms with van der Waals surface area (Å²) in [7, 11) is 3.41. The Labute approximate surface area is 109 Å². The van der Waals surface area contributed by atoms with Gasteiger partial charge in [-0.05, 0) is 31.5 Å². The molecule has 4 nitrogen and oxygen atoms in total. The third kappa shape index (κ3) is 3.23. The van der Waals surface area contributed by atoms with E-state index >= 15 is 0 Å². The molecule has 2 atom stereocenters. The van der Waals surface area contributed by atoms with Gasteiger partial charge in [0.15, 0.2) is 0 Å². The Balaban J connectivity index is 2.85. The lowest BCUT2D eigenvalue weighted by Gasteiger charge is -2.27. The van der Waals surface area contributed by atoms with Crippen LogP contribution >= 0.6 is 0 Å². The number of likely N-dealkylation sites (N-methyl/N-ethyl adjacent to an activating group) is 1. The number of hydrogen-bond donors (Lipinski definition) is 1. The van der Waals surface area contributed by atoms with Gasteiger partial charge >= 0.3 is 0 Å². The maximum atomic E-state index is 12.3. The molecule has 0 saturated heterocycles. The van der Waals surface area contributed by atoms with E-state index < -0.39 is 0 Å². The summed E-state index contributed by atoms with van der Waals surface area (Å²) in [6.45, 7) is 4.31. The van der Waals surface area contributed by atoms with Crippen molar-refractivity contribution in [2.45, 2.75) is 25.8 Å². The quantitative estimate of drug-likeness (QED) is 0.863. The van der Waals surface area contributed by atoms with Gasteiger partial charge in [0.2, 0.25) is 5.91 Å². The first kappa shape index (κ1) is 14.5. The summed E-state index contributed by atoms with van der Waals surface area (Å²) in [4.78, 5) is 14.0. The summed E-state index contributed by atoms with van der Waals surface area (Å²) in [5.41, 5.74) is 6.54. The molecule has 100 valence electrons. The van der Waals surface area contributed by atoms with Gasteiger partial charge in [0.05, 0.1) is 13.0 Å². The van der Waals surface area contributed by atoms with Crippen LogP contribution in [0.1, 0.15) is 25.3 Å².